The van der Waals surface area contributed by atoms with E-state index in [1.807, 2.05) is 38.1 Å². The van der Waals surface area contributed by atoms with Crippen molar-refractivity contribution in [2.75, 3.05) is 5.32 Å². The number of nitrogens with one attached hydrogen (secondary N) is 1. The minimum atomic E-state index is -1.25. The lowest BCUT2D eigenvalue weighted by atomic mass is 10.1. The number of aryl methyl sites for hydroxylation is 3. The molecule has 0 aliphatic heterocycles. The van der Waals surface area contributed by atoms with Crippen molar-refractivity contribution in [2.24, 2.45) is 7.05 Å². The number of carbonyl (C=O) groups is 2. The van der Waals surface area contributed by atoms with Crippen molar-refractivity contribution in [3.05, 3.63) is 64.6 Å². The third kappa shape index (κ3) is 3.49. The lowest BCUT2D eigenvalue weighted by Crippen LogP contribution is -2.16. The highest BCUT2D eigenvalue weighted by molar-refractivity contribution is 6.09. The maximum absolute atomic E-state index is 12.4. The number of nitrogens with zero attached hydrogens (tertiary/aromatic N) is 4. The number of carboxylic acids is 1. The number of hydrogen-bond acceptors (Lipinski definition) is 4. The topological polar surface area (TPSA) is 102 Å². The van der Waals surface area contributed by atoms with Crippen molar-refractivity contribution in [3.63, 3.8) is 0 Å². The van der Waals surface area contributed by atoms with Crippen LogP contribution in [0.2, 0.25) is 0 Å². The summed E-state index contributed by atoms with van der Waals surface area (Å²) in [5, 5.41) is 20.0. The van der Waals surface area contributed by atoms with Crippen molar-refractivity contribution in [1.29, 1.82) is 0 Å². The van der Waals surface area contributed by atoms with E-state index in [0.717, 1.165) is 16.8 Å². The van der Waals surface area contributed by atoms with Crippen LogP contribution >= 0.6 is 0 Å². The van der Waals surface area contributed by atoms with Crippen molar-refractivity contribution in [1.82, 2.24) is 19.6 Å². The van der Waals surface area contributed by atoms with Crippen LogP contribution in [0.4, 0.5) is 5.82 Å². The summed E-state index contributed by atoms with van der Waals surface area (Å²) >= 11 is 0. The number of anilines is 1. The molecule has 3 rings (SSSR count). The summed E-state index contributed by atoms with van der Waals surface area (Å²) in [5.74, 6) is -1.45. The Labute approximate surface area is 150 Å². The summed E-state index contributed by atoms with van der Waals surface area (Å²) < 4.78 is 3.08. The normalized spacial score (nSPS) is 10.7. The average Bonchev–Trinajstić information content (AvgIpc) is 3.13. The first-order chi connectivity index (χ1) is 12.3. The van der Waals surface area contributed by atoms with E-state index in [2.05, 4.69) is 15.5 Å². The van der Waals surface area contributed by atoms with Gasteiger partial charge in [-0.3, -0.25) is 14.2 Å². The van der Waals surface area contributed by atoms with Crippen LogP contribution in [0.5, 0.6) is 0 Å². The van der Waals surface area contributed by atoms with E-state index < -0.39 is 11.9 Å². The highest BCUT2D eigenvalue weighted by atomic mass is 16.4. The molecule has 26 heavy (non-hydrogen) atoms. The molecule has 1 aromatic carbocycles. The van der Waals surface area contributed by atoms with Gasteiger partial charge < -0.3 is 10.4 Å². The summed E-state index contributed by atoms with van der Waals surface area (Å²) in [4.78, 5) is 23.6. The van der Waals surface area contributed by atoms with Crippen molar-refractivity contribution >= 4 is 17.7 Å². The molecule has 0 atom stereocenters. The zero-order valence-electron chi connectivity index (χ0n) is 14.7. The molecule has 2 aromatic heterocycles. The molecule has 0 bridgehead atoms. The van der Waals surface area contributed by atoms with Crippen molar-refractivity contribution in [3.8, 4) is 0 Å². The highest BCUT2D eigenvalue weighted by Crippen LogP contribution is 2.15. The van der Waals surface area contributed by atoms with E-state index in [4.69, 9.17) is 5.11 Å². The van der Waals surface area contributed by atoms with Gasteiger partial charge >= 0.3 is 5.97 Å². The zero-order valence-corrected chi connectivity index (χ0v) is 14.7. The van der Waals surface area contributed by atoms with Gasteiger partial charge in [-0.2, -0.15) is 10.2 Å². The maximum atomic E-state index is 12.4. The molecular formula is C18H19N5O3. The van der Waals surface area contributed by atoms with Crippen LogP contribution in [0.1, 0.15) is 37.7 Å². The third-order valence-corrected chi connectivity index (χ3v) is 4.08. The van der Waals surface area contributed by atoms with E-state index in [9.17, 15) is 9.59 Å². The van der Waals surface area contributed by atoms with E-state index >= 15 is 0 Å². The molecule has 2 N–H and O–H groups in total. The molecule has 1 amide bonds. The minimum absolute atomic E-state index is 0.00823. The van der Waals surface area contributed by atoms with Gasteiger partial charge in [-0.05, 0) is 25.0 Å². The van der Waals surface area contributed by atoms with Gasteiger partial charge in [0.05, 0.1) is 12.1 Å². The van der Waals surface area contributed by atoms with Gasteiger partial charge in [-0.15, -0.1) is 0 Å². The first-order valence-electron chi connectivity index (χ1n) is 8.02. The number of amides is 1. The van der Waals surface area contributed by atoms with Gasteiger partial charge in [0.2, 0.25) is 0 Å². The fourth-order valence-electron chi connectivity index (χ4n) is 2.68. The van der Waals surface area contributed by atoms with Crippen molar-refractivity contribution < 1.29 is 14.7 Å². The first kappa shape index (κ1) is 17.4. The van der Waals surface area contributed by atoms with Gasteiger partial charge in [0.15, 0.2) is 11.5 Å². The van der Waals surface area contributed by atoms with E-state index in [-0.39, 0.29) is 11.3 Å². The van der Waals surface area contributed by atoms with Crippen molar-refractivity contribution in [2.45, 2.75) is 20.4 Å². The van der Waals surface area contributed by atoms with Crippen LogP contribution in [0.15, 0.2) is 36.5 Å². The number of aromatic nitrogens is 4. The van der Waals surface area contributed by atoms with Gasteiger partial charge in [-0.1, -0.05) is 24.3 Å². The molecule has 0 unspecified atom stereocenters. The van der Waals surface area contributed by atoms with Crippen LogP contribution in [0.25, 0.3) is 0 Å². The van der Waals surface area contributed by atoms with Gasteiger partial charge in [0.25, 0.3) is 5.91 Å². The summed E-state index contributed by atoms with van der Waals surface area (Å²) in [7, 11) is 1.56. The Bertz CT molecular complexity index is 987. The fourth-order valence-corrected chi connectivity index (χ4v) is 2.68. The standard InChI is InChI=1S/C18H19N5O3/c1-11-6-4-5-7-13(11)9-23-12(2)8-15(20-23)19-17(24)14-10-22(3)21-16(14)18(25)26/h4-8,10H,9H2,1-3H3,(H,25,26)(H,19,20,24). The number of rotatable bonds is 5. The molecular weight excluding hydrogens is 334 g/mol. The Hall–Kier alpha value is -3.42. The molecule has 0 spiro atoms. The Morgan fingerprint density at radius 1 is 1.19 bits per heavy atom. The maximum Gasteiger partial charge on any atom is 0.357 e. The molecule has 0 saturated carbocycles. The average molecular weight is 353 g/mol. The molecule has 8 heteroatoms. The van der Waals surface area contributed by atoms with E-state index in [1.165, 1.54) is 10.9 Å². The largest absolute Gasteiger partial charge is 0.476 e. The summed E-state index contributed by atoms with van der Waals surface area (Å²) in [6.07, 6.45) is 1.37. The lowest BCUT2D eigenvalue weighted by Gasteiger charge is -2.07. The molecule has 3 aromatic rings. The highest BCUT2D eigenvalue weighted by Gasteiger charge is 2.21. The van der Waals surface area contributed by atoms with Crippen LogP contribution in [-0.2, 0) is 13.6 Å². The Kier molecular flexibility index (Phi) is 4.57. The number of aromatic carboxylic acids is 1. The summed E-state index contributed by atoms with van der Waals surface area (Å²) in [5.41, 5.74) is 2.88. The monoisotopic (exact) mass is 353 g/mol. The fraction of sp³-hybridized carbons (Fsp3) is 0.222. The molecule has 8 nitrogen and oxygen atoms in total. The zero-order chi connectivity index (χ0) is 18.8. The molecule has 134 valence electrons. The van der Waals surface area contributed by atoms with Gasteiger partial charge in [-0.25, -0.2) is 4.79 Å². The molecule has 2 heterocycles. The summed E-state index contributed by atoms with van der Waals surface area (Å²) in [6, 6.07) is 9.76. The Morgan fingerprint density at radius 2 is 1.92 bits per heavy atom. The molecule has 0 aliphatic rings. The summed E-state index contributed by atoms with van der Waals surface area (Å²) in [6.45, 7) is 4.52. The Morgan fingerprint density at radius 3 is 2.62 bits per heavy atom. The van der Waals surface area contributed by atoms with E-state index in [1.54, 1.807) is 17.8 Å². The molecule has 0 fully saturated rings. The Balaban J connectivity index is 1.80. The molecule has 0 radical (unpaired) electrons. The molecule has 0 saturated heterocycles. The number of carbonyl (C=O) groups excluding carboxylic acids is 1. The first-order valence-corrected chi connectivity index (χ1v) is 8.02. The predicted octanol–water partition coefficient (Wildman–Crippen LogP) is 2.23. The van der Waals surface area contributed by atoms with Gasteiger partial charge in [0, 0.05) is 25.0 Å². The smallest absolute Gasteiger partial charge is 0.357 e. The third-order valence-electron chi connectivity index (χ3n) is 4.08. The van der Waals surface area contributed by atoms with Crippen LogP contribution in [0, 0.1) is 13.8 Å². The second-order valence-electron chi connectivity index (χ2n) is 6.08. The van der Waals surface area contributed by atoms with Crippen LogP contribution < -0.4 is 5.32 Å². The van der Waals surface area contributed by atoms with Gasteiger partial charge in [0.1, 0.15) is 0 Å². The van der Waals surface area contributed by atoms with E-state index in [0.29, 0.717) is 12.4 Å². The molecule has 0 aliphatic carbocycles. The second-order valence-corrected chi connectivity index (χ2v) is 6.08. The number of carboxylic acid groups (broad SMARTS) is 1. The predicted molar refractivity (Wildman–Crippen MR) is 95.4 cm³/mol. The SMILES string of the molecule is Cc1ccccc1Cn1nc(NC(=O)c2cn(C)nc2C(=O)O)cc1C. The number of benzene rings is 1. The lowest BCUT2D eigenvalue weighted by molar-refractivity contribution is 0.0685. The second kappa shape index (κ2) is 6.83. The van der Waals surface area contributed by atoms with Crippen LogP contribution in [0.3, 0.4) is 0 Å². The quantitative estimate of drug-likeness (QED) is 0.732. The number of hydrogen-bond donors (Lipinski definition) is 2. The van der Waals surface area contributed by atoms with Crippen LogP contribution in [-0.4, -0.2) is 36.5 Å². The minimum Gasteiger partial charge on any atom is -0.476 e.